The van der Waals surface area contributed by atoms with Gasteiger partial charge in [-0.2, -0.15) is 27.1 Å². The molecule has 0 aliphatic carbocycles. The Hall–Kier alpha value is -3.47. The number of methoxy groups -OCH3 is 1. The first-order chi connectivity index (χ1) is 16.8. The molecular weight excluding hydrogens is 503 g/mol. The van der Waals surface area contributed by atoms with Gasteiger partial charge in [-0.15, -0.1) is 0 Å². The van der Waals surface area contributed by atoms with E-state index < -0.39 is 40.1 Å². The van der Waals surface area contributed by atoms with Gasteiger partial charge in [-0.05, 0) is 47.0 Å². The summed E-state index contributed by atoms with van der Waals surface area (Å²) in [5.41, 5.74) is 0.661. The molecular formula is C25H21F5N2O3S. The highest BCUT2D eigenvalue weighted by Gasteiger charge is 2.63. The van der Waals surface area contributed by atoms with Gasteiger partial charge in [-0.1, -0.05) is 42.5 Å². The maximum atomic E-state index is 14.3. The molecule has 1 aliphatic rings. The highest BCUT2D eigenvalue weighted by atomic mass is 32.2. The lowest BCUT2D eigenvalue weighted by molar-refractivity contribution is -0.249. The number of para-hydroxylation sites is 2. The number of nitrogens with zero attached hydrogens (tertiary/aromatic N) is 2. The molecule has 0 spiro atoms. The van der Waals surface area contributed by atoms with Gasteiger partial charge in [0.1, 0.15) is 17.1 Å². The number of halogens is 5. The zero-order valence-corrected chi connectivity index (χ0v) is 19.9. The number of hydrogen-bond donors (Lipinski definition) is 0. The number of alkyl halides is 5. The summed E-state index contributed by atoms with van der Waals surface area (Å²) in [6.07, 6.45) is -5.37. The number of benzene rings is 3. The molecule has 190 valence electrons. The molecule has 1 heterocycles. The van der Waals surface area contributed by atoms with Crippen LogP contribution in [-0.2, 0) is 9.84 Å². The van der Waals surface area contributed by atoms with E-state index in [4.69, 9.17) is 4.74 Å². The van der Waals surface area contributed by atoms with E-state index >= 15 is 0 Å². The first-order valence-electron chi connectivity index (χ1n) is 10.7. The summed E-state index contributed by atoms with van der Waals surface area (Å²) in [5, 5.41) is 4.86. The molecule has 3 aromatic rings. The summed E-state index contributed by atoms with van der Waals surface area (Å²) in [6.45, 7) is 0. The number of ether oxygens (including phenoxy) is 1. The molecule has 3 aromatic carbocycles. The number of hydrogen-bond acceptors (Lipinski definition) is 5. The number of sulfone groups is 1. The number of rotatable bonds is 6. The molecule has 5 nitrogen and oxygen atoms in total. The zero-order chi connectivity index (χ0) is 26.3. The first-order valence-corrected chi connectivity index (χ1v) is 12.6. The van der Waals surface area contributed by atoms with E-state index in [9.17, 15) is 30.4 Å². The first kappa shape index (κ1) is 25.6. The number of hydrazone groups is 1. The lowest BCUT2D eigenvalue weighted by atomic mass is 9.95. The van der Waals surface area contributed by atoms with Crippen molar-refractivity contribution in [1.29, 1.82) is 0 Å². The third kappa shape index (κ3) is 4.79. The Balaban J connectivity index is 1.78. The molecule has 1 aliphatic heterocycles. The van der Waals surface area contributed by atoms with E-state index in [-0.39, 0.29) is 16.3 Å². The molecule has 0 amide bonds. The standard InChI is InChI=1S/C25H21F5N2O3S/c1-35-22-9-4-3-8-20(22)32-21(15-23(31-32)24(26,27)25(28,29)30)18-7-5-6-17(14-18)16-10-12-19(13-11-16)36(2,33)34/h3-14,21H,15H2,1-2H3. The molecule has 4 rings (SSSR count). The van der Waals surface area contributed by atoms with Crippen molar-refractivity contribution in [2.45, 2.75) is 29.5 Å². The molecule has 0 saturated carbocycles. The number of anilines is 1. The molecule has 0 bridgehead atoms. The maximum Gasteiger partial charge on any atom is 0.459 e. The maximum absolute atomic E-state index is 14.3. The molecule has 0 saturated heterocycles. The van der Waals surface area contributed by atoms with Crippen molar-refractivity contribution in [3.63, 3.8) is 0 Å². The van der Waals surface area contributed by atoms with Gasteiger partial charge >= 0.3 is 12.1 Å². The molecule has 1 atom stereocenters. The van der Waals surface area contributed by atoms with Crippen LogP contribution in [0.2, 0.25) is 0 Å². The third-order valence-corrected chi connectivity index (χ3v) is 6.98. The molecule has 1 unspecified atom stereocenters. The van der Waals surface area contributed by atoms with Crippen LogP contribution >= 0.6 is 0 Å². The van der Waals surface area contributed by atoms with E-state index in [2.05, 4.69) is 5.10 Å². The average molecular weight is 525 g/mol. The summed E-state index contributed by atoms with van der Waals surface area (Å²) in [5.74, 6) is -4.85. The molecule has 0 fully saturated rings. The van der Waals surface area contributed by atoms with E-state index in [0.29, 0.717) is 16.7 Å². The summed E-state index contributed by atoms with van der Waals surface area (Å²) in [4.78, 5) is 0.132. The second-order valence-corrected chi connectivity index (χ2v) is 10.3. The van der Waals surface area contributed by atoms with Gasteiger partial charge in [0.05, 0.1) is 18.0 Å². The van der Waals surface area contributed by atoms with Crippen LogP contribution in [0.25, 0.3) is 11.1 Å². The van der Waals surface area contributed by atoms with Gasteiger partial charge in [0.25, 0.3) is 0 Å². The van der Waals surface area contributed by atoms with Crippen LogP contribution in [0.15, 0.2) is 82.8 Å². The fraction of sp³-hybridized carbons (Fsp3) is 0.240. The fourth-order valence-corrected chi connectivity index (χ4v) is 4.62. The van der Waals surface area contributed by atoms with Gasteiger partial charge in [0.15, 0.2) is 9.84 Å². The van der Waals surface area contributed by atoms with Crippen LogP contribution in [-0.4, -0.2) is 39.6 Å². The van der Waals surface area contributed by atoms with Crippen molar-refractivity contribution in [3.05, 3.63) is 78.4 Å². The molecule has 0 N–H and O–H groups in total. The van der Waals surface area contributed by atoms with Crippen LogP contribution in [0.3, 0.4) is 0 Å². The lowest BCUT2D eigenvalue weighted by Crippen LogP contribution is -2.43. The Morgan fingerprint density at radius 2 is 1.58 bits per heavy atom. The van der Waals surface area contributed by atoms with Gasteiger partial charge in [-0.25, -0.2) is 8.42 Å². The average Bonchev–Trinajstić information content (AvgIpc) is 3.29. The molecule has 0 radical (unpaired) electrons. The minimum Gasteiger partial charge on any atom is -0.495 e. The van der Waals surface area contributed by atoms with Crippen molar-refractivity contribution in [2.75, 3.05) is 18.4 Å². The van der Waals surface area contributed by atoms with E-state index in [0.717, 1.165) is 11.3 Å². The predicted molar refractivity (Wildman–Crippen MR) is 126 cm³/mol. The second-order valence-electron chi connectivity index (χ2n) is 8.28. The van der Waals surface area contributed by atoms with Gasteiger partial charge in [-0.3, -0.25) is 5.01 Å². The minimum atomic E-state index is -5.80. The molecule has 0 aromatic heterocycles. The third-order valence-electron chi connectivity index (χ3n) is 5.85. The van der Waals surface area contributed by atoms with E-state index in [1.54, 1.807) is 54.6 Å². The highest BCUT2D eigenvalue weighted by Crippen LogP contribution is 2.46. The van der Waals surface area contributed by atoms with Gasteiger partial charge < -0.3 is 4.74 Å². The molecule has 11 heteroatoms. The Labute approximate surface area is 204 Å². The quantitative estimate of drug-likeness (QED) is 0.357. The lowest BCUT2D eigenvalue weighted by Gasteiger charge is -2.26. The Bertz CT molecular complexity index is 1400. The van der Waals surface area contributed by atoms with Crippen molar-refractivity contribution in [2.24, 2.45) is 5.10 Å². The fourth-order valence-electron chi connectivity index (χ4n) is 3.98. The zero-order valence-electron chi connectivity index (χ0n) is 19.1. The van der Waals surface area contributed by atoms with Crippen LogP contribution in [0, 0.1) is 0 Å². The topological polar surface area (TPSA) is 59.0 Å². The van der Waals surface area contributed by atoms with E-state index in [1.165, 1.54) is 25.3 Å². The minimum absolute atomic E-state index is 0.132. The SMILES string of the molecule is COc1ccccc1N1N=C(C(F)(F)C(F)(F)F)CC1c1cccc(-c2ccc(S(C)(=O)=O)cc2)c1. The van der Waals surface area contributed by atoms with Crippen LogP contribution in [0.5, 0.6) is 5.75 Å². The van der Waals surface area contributed by atoms with Crippen LogP contribution < -0.4 is 9.75 Å². The summed E-state index contributed by atoms with van der Waals surface area (Å²) < 4.78 is 96.9. The smallest absolute Gasteiger partial charge is 0.459 e. The van der Waals surface area contributed by atoms with Crippen LogP contribution in [0.1, 0.15) is 18.0 Å². The Kier molecular flexibility index (Phi) is 6.54. The normalized spacial score (nSPS) is 16.7. The second kappa shape index (κ2) is 9.20. The van der Waals surface area contributed by atoms with Crippen molar-refractivity contribution in [1.82, 2.24) is 0 Å². The van der Waals surface area contributed by atoms with Crippen molar-refractivity contribution >= 4 is 21.2 Å². The van der Waals surface area contributed by atoms with Crippen molar-refractivity contribution in [3.8, 4) is 16.9 Å². The summed E-state index contributed by atoms with van der Waals surface area (Å²) in [6, 6.07) is 18.1. The molecule has 36 heavy (non-hydrogen) atoms. The van der Waals surface area contributed by atoms with Gasteiger partial charge in [0.2, 0.25) is 0 Å². The largest absolute Gasteiger partial charge is 0.495 e. The van der Waals surface area contributed by atoms with Crippen molar-refractivity contribution < 1.29 is 35.1 Å². The summed E-state index contributed by atoms with van der Waals surface area (Å²) in [7, 11) is -2.04. The van der Waals surface area contributed by atoms with Gasteiger partial charge in [0, 0.05) is 12.7 Å². The van der Waals surface area contributed by atoms with E-state index in [1.807, 2.05) is 0 Å². The monoisotopic (exact) mass is 524 g/mol. The Morgan fingerprint density at radius 3 is 2.19 bits per heavy atom. The Morgan fingerprint density at radius 1 is 0.917 bits per heavy atom. The van der Waals surface area contributed by atoms with Crippen LogP contribution in [0.4, 0.5) is 27.6 Å². The summed E-state index contributed by atoms with van der Waals surface area (Å²) >= 11 is 0. The predicted octanol–water partition coefficient (Wildman–Crippen LogP) is 6.27. The highest BCUT2D eigenvalue weighted by molar-refractivity contribution is 7.90.